The average molecular weight is 304 g/mol. The molecule has 2 aromatic carbocycles. The van der Waals surface area contributed by atoms with Gasteiger partial charge in [-0.05, 0) is 24.3 Å². The Morgan fingerprint density at radius 1 is 1.19 bits per heavy atom. The van der Waals surface area contributed by atoms with Crippen LogP contribution in [0.15, 0.2) is 53.5 Å². The number of fused-ring (bicyclic) bond motifs is 1. The lowest BCUT2D eigenvalue weighted by atomic mass is 10.1. The van der Waals surface area contributed by atoms with Crippen LogP contribution in [0.1, 0.15) is 11.6 Å². The number of rotatable bonds is 3. The molecule has 1 aliphatic heterocycles. The minimum absolute atomic E-state index is 0.126. The van der Waals surface area contributed by atoms with Gasteiger partial charge in [-0.25, -0.2) is 10.5 Å². The van der Waals surface area contributed by atoms with Gasteiger partial charge in [-0.1, -0.05) is 35.9 Å². The molecule has 0 aliphatic carbocycles. The van der Waals surface area contributed by atoms with Crippen molar-refractivity contribution in [2.75, 3.05) is 0 Å². The van der Waals surface area contributed by atoms with Gasteiger partial charge in [-0.2, -0.15) is 0 Å². The predicted octanol–water partition coefficient (Wildman–Crippen LogP) is 3.29. The van der Waals surface area contributed by atoms with Gasteiger partial charge in [0.2, 0.25) is 5.84 Å². The van der Waals surface area contributed by atoms with Gasteiger partial charge in [0.1, 0.15) is 0 Å². The molecule has 0 radical (unpaired) electrons. The van der Waals surface area contributed by atoms with Crippen molar-refractivity contribution in [2.45, 2.75) is 6.04 Å². The van der Waals surface area contributed by atoms with Crippen LogP contribution in [0.5, 0.6) is 5.75 Å². The second-order valence-corrected chi connectivity index (χ2v) is 4.79. The number of nitrogens with one attached hydrogen (secondary N) is 1. The number of benzene rings is 2. The van der Waals surface area contributed by atoms with E-state index in [0.29, 0.717) is 22.0 Å². The second-order valence-electron chi connectivity index (χ2n) is 4.38. The summed E-state index contributed by atoms with van der Waals surface area (Å²) in [4.78, 5) is 20.4. The van der Waals surface area contributed by atoms with Crippen LogP contribution in [0.25, 0.3) is 0 Å². The van der Waals surface area contributed by atoms with Gasteiger partial charge in [0.05, 0.1) is 16.3 Å². The molecule has 1 unspecified atom stereocenters. The van der Waals surface area contributed by atoms with Crippen LogP contribution in [-0.4, -0.2) is 10.8 Å². The molecule has 0 amide bonds. The second kappa shape index (κ2) is 5.41. The van der Waals surface area contributed by atoms with Crippen molar-refractivity contribution in [2.24, 2.45) is 4.99 Å². The molecule has 106 valence electrons. The lowest BCUT2D eigenvalue weighted by Gasteiger charge is -2.11. The SMILES string of the molecule is O=[N+]([O-])C1C(NOc2ccccc2Cl)=Nc2ccccc21. The van der Waals surface area contributed by atoms with E-state index in [9.17, 15) is 10.1 Å². The Kier molecular flexibility index (Phi) is 3.45. The third-order valence-corrected chi connectivity index (χ3v) is 3.36. The molecule has 3 rings (SSSR count). The normalized spacial score (nSPS) is 16.0. The van der Waals surface area contributed by atoms with Crippen molar-refractivity contribution in [3.8, 4) is 5.75 Å². The molecule has 0 saturated heterocycles. The zero-order valence-corrected chi connectivity index (χ0v) is 11.4. The highest BCUT2D eigenvalue weighted by molar-refractivity contribution is 6.32. The lowest BCUT2D eigenvalue weighted by molar-refractivity contribution is -0.508. The summed E-state index contributed by atoms with van der Waals surface area (Å²) < 4.78 is 0. The number of hydrogen-bond donors (Lipinski definition) is 1. The Hall–Kier alpha value is -2.60. The maximum absolute atomic E-state index is 11.3. The van der Waals surface area contributed by atoms with E-state index in [2.05, 4.69) is 10.5 Å². The molecule has 1 N–H and O–H groups in total. The highest BCUT2D eigenvalue weighted by atomic mass is 35.5. The number of amidine groups is 1. The number of hydrogen-bond acceptors (Lipinski definition) is 5. The smallest absolute Gasteiger partial charge is 0.299 e. The third-order valence-electron chi connectivity index (χ3n) is 3.04. The van der Waals surface area contributed by atoms with Crippen LogP contribution in [0, 0.1) is 10.1 Å². The first-order chi connectivity index (χ1) is 10.2. The minimum Gasteiger partial charge on any atom is -0.379 e. The Balaban J connectivity index is 1.83. The molecule has 1 aliphatic rings. The summed E-state index contributed by atoms with van der Waals surface area (Å²) in [7, 11) is 0. The largest absolute Gasteiger partial charge is 0.379 e. The van der Waals surface area contributed by atoms with Crippen molar-refractivity contribution in [3.63, 3.8) is 0 Å². The highest BCUT2D eigenvalue weighted by Gasteiger charge is 2.37. The van der Waals surface area contributed by atoms with E-state index in [1.165, 1.54) is 0 Å². The number of para-hydroxylation sites is 2. The van der Waals surface area contributed by atoms with Crippen molar-refractivity contribution >= 4 is 23.1 Å². The topological polar surface area (TPSA) is 76.8 Å². The zero-order chi connectivity index (χ0) is 14.8. The fourth-order valence-electron chi connectivity index (χ4n) is 2.09. The average Bonchev–Trinajstić information content (AvgIpc) is 2.85. The predicted molar refractivity (Wildman–Crippen MR) is 78.5 cm³/mol. The molecule has 1 heterocycles. The molecule has 0 bridgehead atoms. The van der Waals surface area contributed by atoms with Crippen molar-refractivity contribution in [1.82, 2.24) is 5.48 Å². The molecule has 0 aromatic heterocycles. The van der Waals surface area contributed by atoms with Gasteiger partial charge >= 0.3 is 0 Å². The summed E-state index contributed by atoms with van der Waals surface area (Å²) >= 11 is 5.96. The first-order valence-corrected chi connectivity index (χ1v) is 6.53. The molecule has 1 atom stereocenters. The molecule has 0 saturated carbocycles. The molecular formula is C14H10ClN3O3. The van der Waals surface area contributed by atoms with E-state index in [0.717, 1.165) is 0 Å². The first kappa shape index (κ1) is 13.4. The molecule has 0 spiro atoms. The van der Waals surface area contributed by atoms with Gasteiger partial charge < -0.3 is 4.84 Å². The summed E-state index contributed by atoms with van der Waals surface area (Å²) in [6, 6.07) is 12.7. The number of halogens is 1. The number of nitrogens with zero attached hydrogens (tertiary/aromatic N) is 2. The first-order valence-electron chi connectivity index (χ1n) is 6.15. The van der Waals surface area contributed by atoms with Crippen molar-refractivity contribution in [1.29, 1.82) is 0 Å². The summed E-state index contributed by atoms with van der Waals surface area (Å²) in [5.74, 6) is 0.501. The monoisotopic (exact) mass is 303 g/mol. The molecular weight excluding hydrogens is 294 g/mol. The minimum atomic E-state index is -1.07. The van der Waals surface area contributed by atoms with E-state index in [4.69, 9.17) is 16.4 Å². The van der Waals surface area contributed by atoms with Crippen LogP contribution in [0.3, 0.4) is 0 Å². The highest BCUT2D eigenvalue weighted by Crippen LogP contribution is 2.34. The number of aliphatic imine (C=N–C) groups is 1. The fraction of sp³-hybridized carbons (Fsp3) is 0.0714. The van der Waals surface area contributed by atoms with E-state index >= 15 is 0 Å². The van der Waals surface area contributed by atoms with E-state index in [1.54, 1.807) is 48.5 Å². The van der Waals surface area contributed by atoms with Gasteiger partial charge in [-0.15, -0.1) is 0 Å². The number of nitro groups is 1. The summed E-state index contributed by atoms with van der Waals surface area (Å²) in [6.07, 6.45) is 0. The Morgan fingerprint density at radius 2 is 1.90 bits per heavy atom. The Labute approximate surface area is 125 Å². The lowest BCUT2D eigenvalue weighted by Crippen LogP contribution is -2.33. The van der Waals surface area contributed by atoms with Gasteiger partial charge in [-0.3, -0.25) is 10.1 Å². The summed E-state index contributed by atoms with van der Waals surface area (Å²) in [5, 5.41) is 11.7. The third kappa shape index (κ3) is 2.53. The Morgan fingerprint density at radius 3 is 2.67 bits per heavy atom. The Bertz CT molecular complexity index is 733. The van der Waals surface area contributed by atoms with Crippen molar-refractivity contribution < 1.29 is 9.76 Å². The zero-order valence-electron chi connectivity index (χ0n) is 10.7. The van der Waals surface area contributed by atoms with Crippen LogP contribution < -0.4 is 10.3 Å². The summed E-state index contributed by atoms with van der Waals surface area (Å²) in [5.41, 5.74) is 3.64. The molecule has 21 heavy (non-hydrogen) atoms. The summed E-state index contributed by atoms with van der Waals surface area (Å²) in [6.45, 7) is 0. The molecule has 6 nitrogen and oxygen atoms in total. The standard InChI is InChI=1S/C14H10ClN3O3/c15-10-6-2-4-8-12(10)21-17-14-13(18(19)20)9-5-1-3-7-11(9)16-14/h1-8,13H,(H,16,17). The van der Waals surface area contributed by atoms with Gasteiger partial charge in [0, 0.05) is 4.92 Å². The quantitative estimate of drug-likeness (QED) is 0.697. The van der Waals surface area contributed by atoms with Gasteiger partial charge in [0.15, 0.2) is 5.75 Å². The maximum atomic E-state index is 11.3. The van der Waals surface area contributed by atoms with E-state index in [-0.39, 0.29) is 5.84 Å². The van der Waals surface area contributed by atoms with Crippen LogP contribution >= 0.6 is 11.6 Å². The van der Waals surface area contributed by atoms with E-state index in [1.807, 2.05) is 0 Å². The molecule has 0 fully saturated rings. The molecule has 7 heteroatoms. The van der Waals surface area contributed by atoms with Crippen LogP contribution in [-0.2, 0) is 0 Å². The fourth-order valence-corrected chi connectivity index (χ4v) is 2.26. The maximum Gasteiger partial charge on any atom is 0.299 e. The van der Waals surface area contributed by atoms with Crippen molar-refractivity contribution in [3.05, 3.63) is 69.2 Å². The van der Waals surface area contributed by atoms with Gasteiger partial charge in [0.25, 0.3) is 6.04 Å². The number of hydroxylamine groups is 1. The van der Waals surface area contributed by atoms with E-state index < -0.39 is 11.0 Å². The molecule has 2 aromatic rings. The van der Waals surface area contributed by atoms with Crippen LogP contribution in [0.2, 0.25) is 5.02 Å². The van der Waals surface area contributed by atoms with Crippen LogP contribution in [0.4, 0.5) is 5.69 Å².